The summed E-state index contributed by atoms with van der Waals surface area (Å²) < 4.78 is 33.7. The molecule has 0 spiro atoms. The SMILES string of the molecule is CCOS(=N)(=O)C1C=CC(n2nc(C(C)(C)C)cc2NC(=O)Nc2ccc(OCCc3ccncc3)c3ccccc23)=CC1. The fraction of sp³-hybridized carbons (Fsp3) is 0.303. The molecule has 0 fully saturated rings. The van der Waals surface area contributed by atoms with Gasteiger partial charge in [0.25, 0.3) is 0 Å². The van der Waals surface area contributed by atoms with Crippen LogP contribution in [0.2, 0.25) is 0 Å². The third kappa shape index (κ3) is 7.17. The number of allylic oxidation sites excluding steroid dienone is 3. The first-order valence-corrected chi connectivity index (χ1v) is 16.1. The second kappa shape index (κ2) is 13.0. The van der Waals surface area contributed by atoms with Crippen LogP contribution < -0.4 is 15.4 Å². The van der Waals surface area contributed by atoms with E-state index in [0.29, 0.717) is 30.2 Å². The molecule has 0 bridgehead atoms. The number of pyridine rings is 1. The summed E-state index contributed by atoms with van der Waals surface area (Å²) in [6, 6.07) is 16.9. The maximum absolute atomic E-state index is 13.4. The molecule has 5 rings (SSSR count). The van der Waals surface area contributed by atoms with Crippen LogP contribution in [0.25, 0.3) is 16.5 Å². The molecule has 0 aliphatic heterocycles. The summed E-state index contributed by atoms with van der Waals surface area (Å²) in [6.07, 6.45) is 10.00. The third-order valence-electron chi connectivity index (χ3n) is 7.23. The van der Waals surface area contributed by atoms with Crippen molar-refractivity contribution in [2.75, 3.05) is 23.8 Å². The van der Waals surface area contributed by atoms with E-state index in [1.165, 1.54) is 0 Å². The molecule has 2 amide bonds. The first kappa shape index (κ1) is 31.0. The Labute approximate surface area is 258 Å². The summed E-state index contributed by atoms with van der Waals surface area (Å²) in [5.41, 5.74) is 3.02. The van der Waals surface area contributed by atoms with Crippen LogP contribution in [0.5, 0.6) is 5.75 Å². The average Bonchev–Trinajstić information content (AvgIpc) is 3.43. The number of ether oxygens (including phenoxy) is 1. The fourth-order valence-corrected chi connectivity index (χ4v) is 6.04. The van der Waals surface area contributed by atoms with E-state index in [-0.39, 0.29) is 12.0 Å². The van der Waals surface area contributed by atoms with Gasteiger partial charge in [-0.05, 0) is 49.2 Å². The van der Waals surface area contributed by atoms with Gasteiger partial charge in [0.15, 0.2) is 10.0 Å². The number of nitrogens with one attached hydrogen (secondary N) is 3. The molecular formula is C33H38N6O4S. The van der Waals surface area contributed by atoms with E-state index in [1.54, 1.807) is 36.2 Å². The van der Waals surface area contributed by atoms with Crippen molar-refractivity contribution in [2.45, 2.75) is 51.2 Å². The zero-order chi connectivity index (χ0) is 31.3. The Hall–Kier alpha value is -4.48. The molecule has 1 aliphatic carbocycles. The highest BCUT2D eigenvalue weighted by Gasteiger charge is 2.25. The van der Waals surface area contributed by atoms with Crippen molar-refractivity contribution < 1.29 is 17.9 Å². The van der Waals surface area contributed by atoms with Gasteiger partial charge < -0.3 is 10.1 Å². The smallest absolute Gasteiger partial charge is 0.324 e. The van der Waals surface area contributed by atoms with Crippen molar-refractivity contribution in [1.29, 1.82) is 4.78 Å². The van der Waals surface area contributed by atoms with Crippen LogP contribution >= 0.6 is 0 Å². The van der Waals surface area contributed by atoms with Crippen LogP contribution in [0.1, 0.15) is 45.4 Å². The highest BCUT2D eigenvalue weighted by atomic mass is 32.2. The van der Waals surface area contributed by atoms with Crippen LogP contribution in [0.15, 0.2) is 85.2 Å². The van der Waals surface area contributed by atoms with Crippen molar-refractivity contribution in [3.63, 3.8) is 0 Å². The Morgan fingerprint density at radius 2 is 1.84 bits per heavy atom. The number of aromatic nitrogens is 3. The lowest BCUT2D eigenvalue weighted by atomic mass is 9.92. The number of hydrogen-bond donors (Lipinski definition) is 3. The average molecular weight is 615 g/mol. The van der Waals surface area contributed by atoms with Gasteiger partial charge in [-0.25, -0.2) is 18.5 Å². The Bertz CT molecular complexity index is 1810. The maximum Gasteiger partial charge on any atom is 0.324 e. The molecule has 230 valence electrons. The van der Waals surface area contributed by atoms with Gasteiger partial charge in [0, 0.05) is 41.1 Å². The van der Waals surface area contributed by atoms with E-state index in [1.807, 2.05) is 60.7 Å². The topological polar surface area (TPSA) is 131 Å². The molecule has 2 atom stereocenters. The van der Waals surface area contributed by atoms with E-state index in [9.17, 15) is 9.00 Å². The minimum absolute atomic E-state index is 0.206. The number of fused-ring (bicyclic) bond motifs is 1. The van der Waals surface area contributed by atoms with Gasteiger partial charge in [-0.1, -0.05) is 57.2 Å². The highest BCUT2D eigenvalue weighted by Crippen LogP contribution is 2.33. The molecule has 11 heteroatoms. The molecule has 10 nitrogen and oxygen atoms in total. The molecule has 3 N–H and O–H groups in total. The van der Waals surface area contributed by atoms with Gasteiger partial charge >= 0.3 is 6.03 Å². The lowest BCUT2D eigenvalue weighted by Gasteiger charge is -2.19. The van der Waals surface area contributed by atoms with E-state index >= 15 is 0 Å². The normalized spacial score (nSPS) is 16.3. The lowest BCUT2D eigenvalue weighted by Crippen LogP contribution is -2.23. The van der Waals surface area contributed by atoms with Crippen molar-refractivity contribution in [3.8, 4) is 5.75 Å². The standard InChI is InChI=1S/C33H38N6O4S/c1-5-43-44(34,41)25-12-10-24(11-13-25)39-31(22-30(38-39)33(2,3)4)37-32(40)36-28-14-15-29(27-9-7-6-8-26(27)28)42-21-18-23-16-19-35-20-17-23/h6-12,14-17,19-20,22,25,34H,5,13,18,21H2,1-4H3,(H2,36,37,40). The number of urea groups is 1. The molecular weight excluding hydrogens is 576 g/mol. The molecule has 0 saturated carbocycles. The number of carbonyl (C=O) groups excluding carboxylic acids is 1. The summed E-state index contributed by atoms with van der Waals surface area (Å²) in [4.78, 5) is 17.4. The summed E-state index contributed by atoms with van der Waals surface area (Å²) in [6.45, 7) is 8.59. The van der Waals surface area contributed by atoms with Crippen molar-refractivity contribution >= 4 is 44.0 Å². The first-order chi connectivity index (χ1) is 21.0. The maximum atomic E-state index is 13.4. The first-order valence-electron chi connectivity index (χ1n) is 14.6. The fourth-order valence-electron chi connectivity index (χ4n) is 4.88. The van der Waals surface area contributed by atoms with Crippen LogP contribution in [0, 0.1) is 4.78 Å². The Morgan fingerprint density at radius 1 is 1.09 bits per heavy atom. The predicted octanol–water partition coefficient (Wildman–Crippen LogP) is 7.16. The number of hydrogen-bond acceptors (Lipinski definition) is 7. The molecule has 0 radical (unpaired) electrons. The molecule has 0 saturated heterocycles. The molecule has 44 heavy (non-hydrogen) atoms. The molecule has 4 aromatic rings. The lowest BCUT2D eigenvalue weighted by molar-refractivity contribution is 0.262. The van der Waals surface area contributed by atoms with Gasteiger partial charge in [-0.2, -0.15) is 5.10 Å². The van der Waals surface area contributed by atoms with Crippen molar-refractivity contribution in [3.05, 3.63) is 96.5 Å². The predicted molar refractivity (Wildman–Crippen MR) is 175 cm³/mol. The zero-order valence-electron chi connectivity index (χ0n) is 25.4. The number of benzene rings is 2. The molecule has 2 unspecified atom stereocenters. The monoisotopic (exact) mass is 614 g/mol. The van der Waals surface area contributed by atoms with Crippen molar-refractivity contribution in [2.24, 2.45) is 0 Å². The molecule has 1 aliphatic rings. The van der Waals surface area contributed by atoms with Crippen LogP contribution in [-0.2, 0) is 26.0 Å². The number of rotatable bonds is 10. The third-order valence-corrected chi connectivity index (χ3v) is 8.96. The number of carbonyl (C=O) groups is 1. The number of anilines is 2. The highest BCUT2D eigenvalue weighted by molar-refractivity contribution is 7.88. The quantitative estimate of drug-likeness (QED) is 0.174. The Balaban J connectivity index is 1.34. The van der Waals surface area contributed by atoms with Crippen molar-refractivity contribution in [1.82, 2.24) is 14.8 Å². The van der Waals surface area contributed by atoms with E-state index in [0.717, 1.165) is 34.2 Å². The zero-order valence-corrected chi connectivity index (χ0v) is 26.2. The van der Waals surface area contributed by atoms with Gasteiger partial charge in [0.05, 0.1) is 35.5 Å². The van der Waals surface area contributed by atoms with Crippen LogP contribution in [0.4, 0.5) is 16.3 Å². The van der Waals surface area contributed by atoms with E-state index in [2.05, 4.69) is 36.4 Å². The van der Waals surface area contributed by atoms with Crippen LogP contribution in [-0.4, -0.2) is 43.5 Å². The molecule has 2 aromatic heterocycles. The van der Waals surface area contributed by atoms with Crippen LogP contribution in [0.3, 0.4) is 0 Å². The minimum atomic E-state index is -3.21. The largest absolute Gasteiger partial charge is 0.493 e. The second-order valence-electron chi connectivity index (χ2n) is 11.5. The number of amides is 2. The van der Waals surface area contributed by atoms with E-state index in [4.69, 9.17) is 18.8 Å². The minimum Gasteiger partial charge on any atom is -0.493 e. The second-order valence-corrected chi connectivity index (χ2v) is 13.4. The summed E-state index contributed by atoms with van der Waals surface area (Å²) in [7, 11) is -3.21. The van der Waals surface area contributed by atoms with Gasteiger partial charge in [-0.3, -0.25) is 14.5 Å². The Morgan fingerprint density at radius 3 is 2.52 bits per heavy atom. The summed E-state index contributed by atoms with van der Waals surface area (Å²) >= 11 is 0. The number of nitrogens with zero attached hydrogens (tertiary/aromatic N) is 3. The van der Waals surface area contributed by atoms with Gasteiger partial charge in [-0.15, -0.1) is 0 Å². The molecule has 2 aromatic carbocycles. The summed E-state index contributed by atoms with van der Waals surface area (Å²) in [5, 5.41) is 11.9. The van der Waals surface area contributed by atoms with Gasteiger partial charge in [0.1, 0.15) is 11.6 Å². The summed E-state index contributed by atoms with van der Waals surface area (Å²) in [5.74, 6) is 1.22. The molecule has 2 heterocycles. The van der Waals surface area contributed by atoms with Gasteiger partial charge in [0.2, 0.25) is 0 Å². The Kier molecular flexibility index (Phi) is 9.17. The van der Waals surface area contributed by atoms with E-state index < -0.39 is 21.3 Å².